The largest absolute Gasteiger partial charge is 0.481 e. The minimum absolute atomic E-state index is 0.0927. The molecule has 0 atom stereocenters. The molecule has 0 saturated heterocycles. The number of rotatable bonds is 5. The lowest BCUT2D eigenvalue weighted by Crippen LogP contribution is -1.98. The Hall–Kier alpha value is -1.92. The maximum atomic E-state index is 10.8. The Morgan fingerprint density at radius 1 is 1.12 bits per heavy atom. The number of aryl methyl sites for hydroxylation is 3. The third-order valence-electron chi connectivity index (χ3n) is 4.02. The molecule has 6 heteroatoms. The fourth-order valence-electron chi connectivity index (χ4n) is 2.83. The molecular weight excluding hydrogens is 462 g/mol. The number of carboxylic acids is 1. The topological polar surface area (TPSA) is 59.4 Å². The number of aromatic nitrogens is 1. The van der Waals surface area contributed by atoms with Crippen molar-refractivity contribution < 1.29 is 14.6 Å². The number of halogens is 2. The molecule has 26 heavy (non-hydrogen) atoms. The summed E-state index contributed by atoms with van der Waals surface area (Å²) in [4.78, 5) is 15.3. The molecule has 3 aromatic rings. The van der Waals surface area contributed by atoms with Crippen molar-refractivity contribution in [2.75, 3.05) is 0 Å². The molecule has 4 nitrogen and oxygen atoms in total. The van der Waals surface area contributed by atoms with Gasteiger partial charge in [-0.1, -0.05) is 0 Å². The van der Waals surface area contributed by atoms with Gasteiger partial charge in [0, 0.05) is 17.5 Å². The number of nitrogens with zero attached hydrogens (tertiary/aromatic N) is 1. The van der Waals surface area contributed by atoms with Crippen LogP contribution in [0.1, 0.15) is 23.2 Å². The average Bonchev–Trinajstić information content (AvgIpc) is 2.56. The lowest BCUT2D eigenvalue weighted by molar-refractivity contribution is -0.136. The van der Waals surface area contributed by atoms with Crippen LogP contribution in [0.5, 0.6) is 11.5 Å². The van der Waals surface area contributed by atoms with Gasteiger partial charge in [-0.15, -0.1) is 0 Å². The Morgan fingerprint density at radius 2 is 1.81 bits per heavy atom. The van der Waals surface area contributed by atoms with E-state index in [1.165, 1.54) is 0 Å². The quantitative estimate of drug-likeness (QED) is 0.475. The van der Waals surface area contributed by atoms with Gasteiger partial charge < -0.3 is 9.84 Å². The van der Waals surface area contributed by atoms with Crippen molar-refractivity contribution >= 4 is 48.7 Å². The number of carbonyl (C=O) groups is 1. The molecule has 1 aromatic heterocycles. The maximum Gasteiger partial charge on any atom is 0.303 e. The molecule has 0 bridgehead atoms. The van der Waals surface area contributed by atoms with Gasteiger partial charge in [0.1, 0.15) is 5.75 Å². The minimum Gasteiger partial charge on any atom is -0.481 e. The molecule has 3 rings (SSSR count). The van der Waals surface area contributed by atoms with Gasteiger partial charge in [-0.05, 0) is 99.7 Å². The Kier molecular flexibility index (Phi) is 5.63. The number of fused-ring (bicyclic) bond motifs is 1. The summed E-state index contributed by atoms with van der Waals surface area (Å²) in [5.74, 6) is 0.556. The fraction of sp³-hybridized carbons (Fsp3) is 0.200. The highest BCUT2D eigenvalue weighted by Crippen LogP contribution is 2.38. The van der Waals surface area contributed by atoms with E-state index < -0.39 is 5.97 Å². The first-order chi connectivity index (χ1) is 12.3. The van der Waals surface area contributed by atoms with Crippen LogP contribution >= 0.6 is 31.9 Å². The van der Waals surface area contributed by atoms with Gasteiger partial charge in [-0.2, -0.15) is 0 Å². The molecule has 0 radical (unpaired) electrons. The molecule has 2 aromatic carbocycles. The van der Waals surface area contributed by atoms with Gasteiger partial charge in [0.25, 0.3) is 0 Å². The number of hydrogen-bond acceptors (Lipinski definition) is 3. The molecule has 0 unspecified atom stereocenters. The predicted octanol–water partition coefficient (Wildman–Crippen LogP) is 6.19. The molecule has 134 valence electrons. The highest BCUT2D eigenvalue weighted by atomic mass is 79.9. The molecular formula is C20H17Br2NO3. The van der Waals surface area contributed by atoms with Gasteiger partial charge in [-0.3, -0.25) is 9.78 Å². The molecule has 1 N–H and O–H groups in total. The van der Waals surface area contributed by atoms with E-state index in [0.717, 1.165) is 36.7 Å². The molecule has 1 heterocycles. The van der Waals surface area contributed by atoms with Gasteiger partial charge in [0.05, 0.1) is 14.5 Å². The lowest BCUT2D eigenvalue weighted by Gasteiger charge is -2.13. The third kappa shape index (κ3) is 4.24. The summed E-state index contributed by atoms with van der Waals surface area (Å²) in [5.41, 5.74) is 4.01. The van der Waals surface area contributed by atoms with Crippen LogP contribution in [0.15, 0.2) is 45.3 Å². The summed E-state index contributed by atoms with van der Waals surface area (Å²) < 4.78 is 7.62. The first-order valence-corrected chi connectivity index (χ1v) is 9.67. The standard InChI is InChI=1S/C20H17Br2NO3/c1-11-7-12(2)23-18-5-4-14(10-15(11)18)26-20-16(21)8-13(9-17(20)22)3-6-19(24)25/h4-5,7-10H,3,6H2,1-2H3,(H,24,25). The van der Waals surface area contributed by atoms with Crippen LogP contribution in [0.4, 0.5) is 0 Å². The van der Waals surface area contributed by atoms with Crippen molar-refractivity contribution in [3.8, 4) is 11.5 Å². The van der Waals surface area contributed by atoms with E-state index in [4.69, 9.17) is 9.84 Å². The van der Waals surface area contributed by atoms with E-state index in [9.17, 15) is 4.79 Å². The van der Waals surface area contributed by atoms with Crippen molar-refractivity contribution in [1.29, 1.82) is 0 Å². The second-order valence-corrected chi connectivity index (χ2v) is 7.85. The van der Waals surface area contributed by atoms with Crippen LogP contribution in [0, 0.1) is 13.8 Å². The predicted molar refractivity (Wildman–Crippen MR) is 109 cm³/mol. The summed E-state index contributed by atoms with van der Waals surface area (Å²) in [7, 11) is 0. The van der Waals surface area contributed by atoms with Gasteiger partial charge in [0.15, 0.2) is 5.75 Å². The van der Waals surface area contributed by atoms with E-state index in [-0.39, 0.29) is 6.42 Å². The second-order valence-electron chi connectivity index (χ2n) is 6.14. The van der Waals surface area contributed by atoms with Crippen molar-refractivity contribution in [1.82, 2.24) is 4.98 Å². The van der Waals surface area contributed by atoms with Crippen molar-refractivity contribution in [3.05, 3.63) is 62.2 Å². The third-order valence-corrected chi connectivity index (χ3v) is 5.20. The van der Waals surface area contributed by atoms with Crippen LogP contribution in [0.2, 0.25) is 0 Å². The second kappa shape index (κ2) is 7.76. The monoisotopic (exact) mass is 477 g/mol. The zero-order valence-corrected chi connectivity index (χ0v) is 17.5. The Labute approximate surface area is 168 Å². The molecule has 0 aliphatic carbocycles. The smallest absolute Gasteiger partial charge is 0.303 e. The SMILES string of the molecule is Cc1cc(C)c2cc(Oc3c(Br)cc(CCC(=O)O)cc3Br)ccc2n1. The highest BCUT2D eigenvalue weighted by Gasteiger charge is 2.12. The molecule has 0 amide bonds. The van der Waals surface area contributed by atoms with Crippen LogP contribution in [-0.2, 0) is 11.2 Å². The first kappa shape index (κ1) is 18.9. The fourth-order valence-corrected chi connectivity index (χ4v) is 4.27. The number of aliphatic carboxylic acids is 1. The summed E-state index contributed by atoms with van der Waals surface area (Å²) in [6.45, 7) is 4.04. The van der Waals surface area contributed by atoms with Crippen LogP contribution in [0.25, 0.3) is 10.9 Å². The van der Waals surface area contributed by atoms with E-state index in [2.05, 4.69) is 49.8 Å². The molecule has 0 saturated carbocycles. The lowest BCUT2D eigenvalue weighted by atomic mass is 10.1. The summed E-state index contributed by atoms with van der Waals surface area (Å²) in [5, 5.41) is 9.89. The van der Waals surface area contributed by atoms with E-state index in [1.54, 1.807) is 0 Å². The van der Waals surface area contributed by atoms with Crippen molar-refractivity contribution in [3.63, 3.8) is 0 Å². The average molecular weight is 479 g/mol. The zero-order valence-electron chi connectivity index (χ0n) is 14.3. The summed E-state index contributed by atoms with van der Waals surface area (Å²) >= 11 is 7.04. The first-order valence-electron chi connectivity index (χ1n) is 8.09. The van der Waals surface area contributed by atoms with E-state index >= 15 is 0 Å². The molecule has 0 fully saturated rings. The number of carboxylic acid groups (broad SMARTS) is 1. The van der Waals surface area contributed by atoms with Gasteiger partial charge in [-0.25, -0.2) is 0 Å². The van der Waals surface area contributed by atoms with Crippen molar-refractivity contribution in [2.24, 2.45) is 0 Å². The molecule has 0 spiro atoms. The number of benzene rings is 2. The summed E-state index contributed by atoms with van der Waals surface area (Å²) in [6, 6.07) is 11.7. The summed E-state index contributed by atoms with van der Waals surface area (Å²) in [6.07, 6.45) is 0.558. The zero-order chi connectivity index (χ0) is 18.8. The van der Waals surface area contributed by atoms with Crippen molar-refractivity contribution in [2.45, 2.75) is 26.7 Å². The minimum atomic E-state index is -0.812. The molecule has 0 aliphatic heterocycles. The highest BCUT2D eigenvalue weighted by molar-refractivity contribution is 9.11. The van der Waals surface area contributed by atoms with Crippen LogP contribution in [-0.4, -0.2) is 16.1 Å². The Bertz CT molecular complexity index is 979. The number of hydrogen-bond donors (Lipinski definition) is 1. The Balaban J connectivity index is 1.91. The van der Waals surface area contributed by atoms with E-state index in [0.29, 0.717) is 17.9 Å². The van der Waals surface area contributed by atoms with Gasteiger partial charge in [0.2, 0.25) is 0 Å². The van der Waals surface area contributed by atoms with Crippen LogP contribution < -0.4 is 4.74 Å². The molecule has 0 aliphatic rings. The van der Waals surface area contributed by atoms with Crippen LogP contribution in [0.3, 0.4) is 0 Å². The normalized spacial score (nSPS) is 10.9. The number of pyridine rings is 1. The maximum absolute atomic E-state index is 10.8. The van der Waals surface area contributed by atoms with E-state index in [1.807, 2.05) is 37.3 Å². The van der Waals surface area contributed by atoms with Gasteiger partial charge >= 0.3 is 5.97 Å². The number of ether oxygens (including phenoxy) is 1. The Morgan fingerprint density at radius 3 is 2.46 bits per heavy atom.